The fourth-order valence-corrected chi connectivity index (χ4v) is 4.53. The van der Waals surface area contributed by atoms with Crippen LogP contribution in [0.2, 0.25) is 0 Å². The van der Waals surface area contributed by atoms with Gasteiger partial charge in [0.05, 0.1) is 42.1 Å². The molecule has 0 bridgehead atoms. The van der Waals surface area contributed by atoms with Crippen molar-refractivity contribution in [1.29, 1.82) is 0 Å². The number of hydrogen-bond donors (Lipinski definition) is 1. The molecule has 1 aromatic heterocycles. The lowest BCUT2D eigenvalue weighted by molar-refractivity contribution is -0.126. The minimum atomic E-state index is -0.0571. The summed E-state index contributed by atoms with van der Waals surface area (Å²) in [7, 11) is 7.87. The second kappa shape index (κ2) is 12.5. The number of nitrogens with zero attached hydrogens (tertiary/aromatic N) is 3. The molecule has 2 aromatic carbocycles. The number of methoxy groups -OCH3 is 5. The van der Waals surface area contributed by atoms with E-state index in [9.17, 15) is 4.79 Å². The smallest absolute Gasteiger partial charge is 0.241 e. The summed E-state index contributed by atoms with van der Waals surface area (Å²) in [6, 6.07) is 9.16. The zero-order valence-electron chi connectivity index (χ0n) is 22.4. The maximum atomic E-state index is 12.8. The summed E-state index contributed by atoms with van der Waals surface area (Å²) in [5, 5.41) is 7.16. The molecule has 0 aliphatic carbocycles. The number of piperidine rings is 1. The average molecular weight is 527 g/mol. The summed E-state index contributed by atoms with van der Waals surface area (Å²) in [6.45, 7) is 2.42. The molecule has 0 spiro atoms. The van der Waals surface area contributed by atoms with Gasteiger partial charge < -0.3 is 33.5 Å². The van der Waals surface area contributed by atoms with E-state index in [0.717, 1.165) is 37.1 Å². The third kappa shape index (κ3) is 6.10. The van der Waals surface area contributed by atoms with Crippen molar-refractivity contribution in [2.45, 2.75) is 25.9 Å². The van der Waals surface area contributed by atoms with Gasteiger partial charge in [-0.3, -0.25) is 9.69 Å². The van der Waals surface area contributed by atoms with Crippen LogP contribution in [0.4, 0.5) is 0 Å². The maximum absolute atomic E-state index is 12.8. The van der Waals surface area contributed by atoms with Crippen LogP contribution in [0.25, 0.3) is 11.4 Å². The lowest BCUT2D eigenvalue weighted by Crippen LogP contribution is -2.40. The number of ether oxygens (including phenoxy) is 5. The Bertz CT molecular complexity index is 1210. The molecule has 4 rings (SSSR count). The molecule has 1 N–H and O–H groups in total. The maximum Gasteiger partial charge on any atom is 0.241 e. The molecule has 3 aromatic rings. The Balaban J connectivity index is 1.28. The molecule has 38 heavy (non-hydrogen) atoms. The molecule has 2 heterocycles. The number of carbonyl (C=O) groups excluding carboxylic acids is 1. The van der Waals surface area contributed by atoms with Crippen LogP contribution in [0, 0.1) is 5.92 Å². The number of nitrogens with one attached hydrogen (secondary N) is 1. The molecular weight excluding hydrogens is 492 g/mol. The Kier molecular flexibility index (Phi) is 8.90. The molecule has 1 amide bonds. The third-order valence-electron chi connectivity index (χ3n) is 6.62. The SMILES string of the molecule is COc1ccc(-c2noc(CN3CCC(C(=O)NCc4cc(OC)c(OC)c(OC)c4)CC3)n2)cc1OC. The summed E-state index contributed by atoms with van der Waals surface area (Å²) in [5.41, 5.74) is 1.65. The van der Waals surface area contributed by atoms with Crippen LogP contribution in [0.1, 0.15) is 24.3 Å². The Morgan fingerprint density at radius 3 is 2.18 bits per heavy atom. The molecule has 0 radical (unpaired) electrons. The van der Waals surface area contributed by atoms with E-state index in [2.05, 4.69) is 20.4 Å². The van der Waals surface area contributed by atoms with Gasteiger partial charge in [-0.05, 0) is 61.8 Å². The topological polar surface area (TPSA) is 117 Å². The Hall–Kier alpha value is -3.99. The van der Waals surface area contributed by atoms with Gasteiger partial charge in [0, 0.05) is 18.0 Å². The largest absolute Gasteiger partial charge is 0.493 e. The molecule has 11 nitrogen and oxygen atoms in total. The monoisotopic (exact) mass is 526 g/mol. The summed E-state index contributed by atoms with van der Waals surface area (Å²) >= 11 is 0. The highest BCUT2D eigenvalue weighted by atomic mass is 16.5. The van der Waals surface area contributed by atoms with Crippen molar-refractivity contribution >= 4 is 5.91 Å². The van der Waals surface area contributed by atoms with Gasteiger partial charge in [-0.2, -0.15) is 4.98 Å². The summed E-state index contributed by atoms with van der Waals surface area (Å²) in [6.07, 6.45) is 1.50. The number of rotatable bonds is 11. The van der Waals surface area contributed by atoms with Crippen molar-refractivity contribution in [1.82, 2.24) is 20.4 Å². The normalized spacial score (nSPS) is 14.1. The first kappa shape index (κ1) is 27.1. The van der Waals surface area contributed by atoms with Crippen molar-refractivity contribution in [3.8, 4) is 40.1 Å². The molecular formula is C27H34N4O7. The van der Waals surface area contributed by atoms with Gasteiger partial charge in [-0.25, -0.2) is 0 Å². The van der Waals surface area contributed by atoms with Crippen LogP contribution in [0.15, 0.2) is 34.9 Å². The number of likely N-dealkylation sites (tertiary alicyclic amines) is 1. The highest BCUT2D eigenvalue weighted by Crippen LogP contribution is 2.38. The van der Waals surface area contributed by atoms with Crippen molar-refractivity contribution in [3.63, 3.8) is 0 Å². The molecule has 0 unspecified atom stereocenters. The summed E-state index contributed by atoms with van der Waals surface area (Å²) in [4.78, 5) is 19.6. The van der Waals surface area contributed by atoms with E-state index in [1.807, 2.05) is 30.3 Å². The second-order valence-corrected chi connectivity index (χ2v) is 8.88. The molecule has 204 valence electrons. The summed E-state index contributed by atoms with van der Waals surface area (Å²) < 4.78 is 32.3. The van der Waals surface area contributed by atoms with E-state index in [1.54, 1.807) is 35.5 Å². The second-order valence-electron chi connectivity index (χ2n) is 8.88. The lowest BCUT2D eigenvalue weighted by Gasteiger charge is -2.30. The zero-order chi connectivity index (χ0) is 27.1. The number of hydrogen-bond acceptors (Lipinski definition) is 10. The molecule has 11 heteroatoms. The van der Waals surface area contributed by atoms with Gasteiger partial charge in [-0.1, -0.05) is 5.16 Å². The van der Waals surface area contributed by atoms with E-state index in [-0.39, 0.29) is 11.8 Å². The van der Waals surface area contributed by atoms with E-state index < -0.39 is 0 Å². The standard InChI is InChI=1S/C27H34N4O7/c1-33-20-7-6-19(14-21(20)34-2)26-29-24(38-30-26)16-31-10-8-18(9-11-31)27(32)28-15-17-12-22(35-3)25(37-5)23(13-17)36-4/h6-7,12-14,18H,8-11,15-16H2,1-5H3,(H,28,32). The predicted molar refractivity (Wildman–Crippen MR) is 139 cm³/mol. The third-order valence-corrected chi connectivity index (χ3v) is 6.62. The summed E-state index contributed by atoms with van der Waals surface area (Å²) in [5.74, 6) is 3.86. The first-order valence-corrected chi connectivity index (χ1v) is 12.3. The first-order valence-electron chi connectivity index (χ1n) is 12.3. The molecule has 0 atom stereocenters. The van der Waals surface area contributed by atoms with Gasteiger partial charge in [0.15, 0.2) is 23.0 Å². The quantitative estimate of drug-likeness (QED) is 0.399. The molecule has 1 aliphatic rings. The van der Waals surface area contributed by atoms with Crippen molar-refractivity contribution in [2.75, 3.05) is 48.6 Å². The van der Waals surface area contributed by atoms with Crippen LogP contribution in [-0.4, -0.2) is 69.6 Å². The molecule has 0 saturated carbocycles. The highest BCUT2D eigenvalue weighted by Gasteiger charge is 2.26. The molecule has 1 fully saturated rings. The van der Waals surface area contributed by atoms with Gasteiger partial charge in [0.25, 0.3) is 0 Å². The van der Waals surface area contributed by atoms with Gasteiger partial charge in [0.2, 0.25) is 23.4 Å². The average Bonchev–Trinajstić information content (AvgIpc) is 3.43. The number of amides is 1. The van der Waals surface area contributed by atoms with E-state index in [1.165, 1.54) is 0 Å². The minimum absolute atomic E-state index is 0.0342. The number of benzene rings is 2. The fraction of sp³-hybridized carbons (Fsp3) is 0.444. The minimum Gasteiger partial charge on any atom is -0.493 e. The Labute approximate surface area is 222 Å². The van der Waals surface area contributed by atoms with E-state index >= 15 is 0 Å². The fourth-order valence-electron chi connectivity index (χ4n) is 4.53. The van der Waals surface area contributed by atoms with Crippen LogP contribution in [0.3, 0.4) is 0 Å². The Morgan fingerprint density at radius 2 is 1.58 bits per heavy atom. The van der Waals surface area contributed by atoms with Gasteiger partial charge in [0.1, 0.15) is 0 Å². The number of carbonyl (C=O) groups is 1. The predicted octanol–water partition coefficient (Wildman–Crippen LogP) is 3.31. The van der Waals surface area contributed by atoms with Crippen LogP contribution >= 0.6 is 0 Å². The molecule has 1 saturated heterocycles. The van der Waals surface area contributed by atoms with Crippen LogP contribution in [0.5, 0.6) is 28.7 Å². The van der Waals surface area contributed by atoms with Crippen molar-refractivity contribution in [2.24, 2.45) is 5.92 Å². The highest BCUT2D eigenvalue weighted by molar-refractivity contribution is 5.78. The Morgan fingerprint density at radius 1 is 0.921 bits per heavy atom. The molecule has 1 aliphatic heterocycles. The van der Waals surface area contributed by atoms with Gasteiger partial charge >= 0.3 is 0 Å². The van der Waals surface area contributed by atoms with Crippen molar-refractivity contribution < 1.29 is 33.0 Å². The lowest BCUT2D eigenvalue weighted by atomic mass is 9.96. The van der Waals surface area contributed by atoms with E-state index in [0.29, 0.717) is 53.6 Å². The van der Waals surface area contributed by atoms with Gasteiger partial charge in [-0.15, -0.1) is 0 Å². The van der Waals surface area contributed by atoms with Crippen LogP contribution < -0.4 is 29.0 Å². The number of aromatic nitrogens is 2. The van der Waals surface area contributed by atoms with Crippen molar-refractivity contribution in [3.05, 3.63) is 41.8 Å². The zero-order valence-corrected chi connectivity index (χ0v) is 22.4. The first-order chi connectivity index (χ1) is 18.5. The van der Waals surface area contributed by atoms with Crippen LogP contribution in [-0.2, 0) is 17.9 Å². The van der Waals surface area contributed by atoms with E-state index in [4.69, 9.17) is 28.2 Å².